The largest absolute Gasteiger partial charge is 0.416 e. The summed E-state index contributed by atoms with van der Waals surface area (Å²) < 4.78 is 54.9. The van der Waals surface area contributed by atoms with Gasteiger partial charge in [-0.25, -0.2) is 4.39 Å². The highest BCUT2D eigenvalue weighted by molar-refractivity contribution is 6.15. The van der Waals surface area contributed by atoms with Crippen LogP contribution in [0.3, 0.4) is 0 Å². The van der Waals surface area contributed by atoms with E-state index in [0.717, 1.165) is 12.1 Å². The lowest BCUT2D eigenvalue weighted by atomic mass is 10.1. The first-order chi connectivity index (χ1) is 14.3. The molecule has 4 aromatic rings. The molecule has 1 amide bonds. The van der Waals surface area contributed by atoms with Gasteiger partial charge in [-0.15, -0.1) is 0 Å². The van der Waals surface area contributed by atoms with E-state index < -0.39 is 23.5 Å². The molecule has 5 nitrogen and oxygen atoms in total. The number of H-pyrrole nitrogens is 1. The van der Waals surface area contributed by atoms with E-state index in [-0.39, 0.29) is 11.6 Å². The number of carbonyl (C=O) groups excluding carboxylic acids is 1. The second-order valence-electron chi connectivity index (χ2n) is 7.34. The second kappa shape index (κ2) is 6.60. The number of fused-ring (bicyclic) bond motifs is 2. The van der Waals surface area contributed by atoms with Gasteiger partial charge in [0.15, 0.2) is 0 Å². The molecule has 0 unspecified atom stereocenters. The number of amides is 1. The van der Waals surface area contributed by atoms with Gasteiger partial charge in [0, 0.05) is 47.3 Å². The number of nitrogens with zero attached hydrogens (tertiary/aromatic N) is 1. The molecule has 3 N–H and O–H groups in total. The summed E-state index contributed by atoms with van der Waals surface area (Å²) >= 11 is 0. The molecule has 3 heterocycles. The van der Waals surface area contributed by atoms with Crippen molar-refractivity contribution in [2.24, 2.45) is 0 Å². The Bertz CT molecular complexity index is 1280. The minimum Gasteiger partial charge on any atom is -0.359 e. The van der Waals surface area contributed by atoms with Crippen molar-refractivity contribution in [2.75, 3.05) is 18.4 Å². The van der Waals surface area contributed by atoms with Crippen LogP contribution in [0.2, 0.25) is 0 Å². The average molecular weight is 416 g/mol. The van der Waals surface area contributed by atoms with Gasteiger partial charge in [-0.1, -0.05) is 6.07 Å². The Hall–Kier alpha value is -3.33. The maximum absolute atomic E-state index is 13.6. The third-order valence-corrected chi connectivity index (χ3v) is 5.45. The minimum atomic E-state index is -4.47. The Kier molecular flexibility index (Phi) is 4.11. The first-order valence-corrected chi connectivity index (χ1v) is 9.32. The fraction of sp³-hybridized carbons (Fsp3) is 0.190. The number of hydrogen-bond acceptors (Lipinski definition) is 2. The maximum Gasteiger partial charge on any atom is 0.416 e. The van der Waals surface area contributed by atoms with Crippen molar-refractivity contribution in [3.05, 3.63) is 65.7 Å². The van der Waals surface area contributed by atoms with Crippen LogP contribution in [0.25, 0.3) is 21.8 Å². The first kappa shape index (κ1) is 18.7. The summed E-state index contributed by atoms with van der Waals surface area (Å²) in [4.78, 5) is 16.0. The highest BCUT2D eigenvalue weighted by Gasteiger charge is 2.32. The second-order valence-corrected chi connectivity index (χ2v) is 7.34. The minimum absolute atomic E-state index is 0.0280. The number of anilines is 1. The predicted molar refractivity (Wildman–Crippen MR) is 105 cm³/mol. The Morgan fingerprint density at radius 1 is 1.10 bits per heavy atom. The Morgan fingerprint density at radius 3 is 2.60 bits per heavy atom. The number of benzene rings is 2. The van der Waals surface area contributed by atoms with E-state index in [0.29, 0.717) is 40.6 Å². The van der Waals surface area contributed by atoms with Gasteiger partial charge < -0.3 is 20.2 Å². The van der Waals surface area contributed by atoms with Gasteiger partial charge in [0.25, 0.3) is 5.91 Å². The van der Waals surface area contributed by atoms with Crippen molar-refractivity contribution in [3.8, 4) is 0 Å². The number of carbonyl (C=O) groups is 1. The molecule has 0 bridgehead atoms. The number of halogens is 4. The number of alkyl halides is 3. The number of hydrogen-bond donors (Lipinski definition) is 3. The van der Waals surface area contributed by atoms with E-state index in [1.165, 1.54) is 18.2 Å². The molecular weight excluding hydrogens is 400 g/mol. The van der Waals surface area contributed by atoms with Gasteiger partial charge in [0.1, 0.15) is 5.82 Å². The van der Waals surface area contributed by atoms with Gasteiger partial charge in [-0.2, -0.15) is 13.2 Å². The van der Waals surface area contributed by atoms with Crippen LogP contribution in [0, 0.1) is 5.82 Å². The highest BCUT2D eigenvalue weighted by Crippen LogP contribution is 2.35. The number of rotatable bonds is 3. The fourth-order valence-corrected chi connectivity index (χ4v) is 3.77. The van der Waals surface area contributed by atoms with Crippen molar-refractivity contribution < 1.29 is 22.4 Å². The van der Waals surface area contributed by atoms with E-state index in [4.69, 9.17) is 0 Å². The third kappa shape index (κ3) is 3.02. The zero-order valence-electron chi connectivity index (χ0n) is 15.5. The summed E-state index contributed by atoms with van der Waals surface area (Å²) in [7, 11) is 0. The molecule has 1 aliphatic rings. The normalized spacial score (nSPS) is 14.9. The van der Waals surface area contributed by atoms with Crippen LogP contribution in [-0.2, 0) is 6.18 Å². The van der Waals surface area contributed by atoms with E-state index >= 15 is 0 Å². The van der Waals surface area contributed by atoms with Crippen molar-refractivity contribution in [3.63, 3.8) is 0 Å². The molecule has 0 aliphatic carbocycles. The maximum atomic E-state index is 13.6. The Labute approximate surface area is 167 Å². The smallest absolute Gasteiger partial charge is 0.359 e. The Balaban J connectivity index is 1.57. The molecule has 2 aromatic heterocycles. The third-order valence-electron chi connectivity index (χ3n) is 5.45. The summed E-state index contributed by atoms with van der Waals surface area (Å²) in [5.74, 6) is -0.915. The van der Waals surface area contributed by atoms with Gasteiger partial charge in [-0.05, 0) is 30.3 Å². The van der Waals surface area contributed by atoms with Crippen LogP contribution in [0.15, 0.2) is 48.8 Å². The zero-order valence-corrected chi connectivity index (χ0v) is 15.5. The van der Waals surface area contributed by atoms with Crippen LogP contribution in [0.4, 0.5) is 23.2 Å². The lowest BCUT2D eigenvalue weighted by Crippen LogP contribution is -2.43. The molecule has 0 radical (unpaired) electrons. The monoisotopic (exact) mass is 416 g/mol. The summed E-state index contributed by atoms with van der Waals surface area (Å²) in [5.41, 5.74) is 0.903. The average Bonchev–Trinajstić information content (AvgIpc) is 3.21. The van der Waals surface area contributed by atoms with Crippen molar-refractivity contribution in [2.45, 2.75) is 12.2 Å². The van der Waals surface area contributed by atoms with Gasteiger partial charge in [-0.3, -0.25) is 4.79 Å². The van der Waals surface area contributed by atoms with Crippen molar-refractivity contribution in [1.29, 1.82) is 0 Å². The summed E-state index contributed by atoms with van der Waals surface area (Å²) in [6, 6.07) is 7.52. The molecular formula is C21H16F4N4O. The summed E-state index contributed by atoms with van der Waals surface area (Å²) in [6.45, 7) is 1.23. The zero-order chi connectivity index (χ0) is 21.0. The Morgan fingerprint density at radius 2 is 1.90 bits per heavy atom. The molecule has 5 rings (SSSR count). The van der Waals surface area contributed by atoms with Crippen LogP contribution in [-0.4, -0.2) is 28.5 Å². The molecule has 2 aromatic carbocycles. The van der Waals surface area contributed by atoms with E-state index in [1.54, 1.807) is 23.0 Å². The summed E-state index contributed by atoms with van der Waals surface area (Å²) in [5, 5.41) is 6.77. The molecule has 1 aliphatic heterocycles. The number of nitrogens with one attached hydrogen (secondary N) is 3. The standard InChI is InChI=1S/C21H16F4N4O/c22-12-2-4-17-15(6-12)18(9-27-17)28-20(30)16-10-29(13-7-26-8-13)19-5-11(21(23,24)25)1-3-14(16)19/h1-6,9-10,13,26-27H,7-8H2,(H,28,30). The molecule has 30 heavy (non-hydrogen) atoms. The molecule has 0 atom stereocenters. The SMILES string of the molecule is O=C(Nc1c[nH]c2ccc(F)cc12)c1cn(C2CNC2)c2cc(C(F)(F)F)ccc12. The lowest BCUT2D eigenvalue weighted by Gasteiger charge is -2.29. The van der Waals surface area contributed by atoms with E-state index in [1.807, 2.05) is 0 Å². The fourth-order valence-electron chi connectivity index (χ4n) is 3.77. The highest BCUT2D eigenvalue weighted by atomic mass is 19.4. The molecule has 1 fully saturated rings. The van der Waals surface area contributed by atoms with E-state index in [9.17, 15) is 22.4 Å². The van der Waals surface area contributed by atoms with Gasteiger partial charge >= 0.3 is 6.18 Å². The number of aromatic nitrogens is 2. The first-order valence-electron chi connectivity index (χ1n) is 9.32. The lowest BCUT2D eigenvalue weighted by molar-refractivity contribution is -0.137. The van der Waals surface area contributed by atoms with Crippen LogP contribution >= 0.6 is 0 Å². The van der Waals surface area contributed by atoms with Crippen LogP contribution < -0.4 is 10.6 Å². The molecule has 154 valence electrons. The van der Waals surface area contributed by atoms with E-state index in [2.05, 4.69) is 15.6 Å². The van der Waals surface area contributed by atoms with Crippen LogP contribution in [0.5, 0.6) is 0 Å². The molecule has 0 saturated carbocycles. The molecule has 0 spiro atoms. The quantitative estimate of drug-likeness (QED) is 0.425. The summed E-state index contributed by atoms with van der Waals surface area (Å²) in [6.07, 6.45) is -1.34. The van der Waals surface area contributed by atoms with Crippen molar-refractivity contribution in [1.82, 2.24) is 14.9 Å². The van der Waals surface area contributed by atoms with Gasteiger partial charge in [0.05, 0.1) is 22.9 Å². The topological polar surface area (TPSA) is 61.9 Å². The van der Waals surface area contributed by atoms with Crippen LogP contribution in [0.1, 0.15) is 22.0 Å². The van der Waals surface area contributed by atoms with Crippen molar-refractivity contribution >= 4 is 33.4 Å². The molecule has 9 heteroatoms. The van der Waals surface area contributed by atoms with Gasteiger partial charge in [0.2, 0.25) is 0 Å². The predicted octanol–water partition coefficient (Wildman–Crippen LogP) is 4.68. The molecule has 1 saturated heterocycles. The number of aromatic amines is 1.